The fourth-order valence-electron chi connectivity index (χ4n) is 3.76. The summed E-state index contributed by atoms with van der Waals surface area (Å²) in [7, 11) is 0. The highest BCUT2D eigenvalue weighted by molar-refractivity contribution is 9.10. The Balaban J connectivity index is 1.75. The van der Waals surface area contributed by atoms with Gasteiger partial charge in [0, 0.05) is 23.6 Å². The maximum absolute atomic E-state index is 14.2. The molecule has 2 fully saturated rings. The molecule has 1 unspecified atom stereocenters. The zero-order valence-electron chi connectivity index (χ0n) is 12.5. The summed E-state index contributed by atoms with van der Waals surface area (Å²) in [6, 6.07) is 5.93. The molecule has 1 saturated carbocycles. The predicted molar refractivity (Wildman–Crippen MR) is 89.3 cm³/mol. The first kappa shape index (κ1) is 15.3. The summed E-state index contributed by atoms with van der Waals surface area (Å²) in [5.41, 5.74) is 0.753. The van der Waals surface area contributed by atoms with Gasteiger partial charge in [0.15, 0.2) is 0 Å². The lowest BCUT2D eigenvalue weighted by Crippen LogP contribution is -2.44. The van der Waals surface area contributed by atoms with Gasteiger partial charge in [-0.05, 0) is 49.9 Å². The van der Waals surface area contributed by atoms with Crippen LogP contribution in [-0.4, -0.2) is 25.7 Å². The van der Waals surface area contributed by atoms with Crippen molar-refractivity contribution in [1.82, 2.24) is 5.32 Å². The number of benzene rings is 1. The molecule has 1 saturated heterocycles. The normalized spacial score (nSPS) is 24.9. The summed E-state index contributed by atoms with van der Waals surface area (Å²) in [4.78, 5) is 2.24. The average molecular weight is 355 g/mol. The summed E-state index contributed by atoms with van der Waals surface area (Å²) in [6.07, 6.45) is 7.83. The topological polar surface area (TPSA) is 15.3 Å². The second-order valence-electron chi connectivity index (χ2n) is 6.35. The molecule has 1 N–H and O–H groups in total. The van der Waals surface area contributed by atoms with E-state index in [1.54, 1.807) is 6.07 Å². The Hall–Kier alpha value is -0.610. The number of halogens is 2. The molecule has 0 amide bonds. The maximum Gasteiger partial charge on any atom is 0.147 e. The molecule has 2 aliphatic rings. The smallest absolute Gasteiger partial charge is 0.147 e. The van der Waals surface area contributed by atoms with Gasteiger partial charge in [-0.1, -0.05) is 35.2 Å². The van der Waals surface area contributed by atoms with Gasteiger partial charge in [0.25, 0.3) is 0 Å². The standard InChI is InChI=1S/C17H24BrFN2/c18-14-7-8-17(15(19)11-14)21-10-4-9-20-16(12-21)13-5-2-1-3-6-13/h7-8,11,13,16,20H,1-6,9-10,12H2. The summed E-state index contributed by atoms with van der Waals surface area (Å²) in [5.74, 6) is 0.645. The molecule has 1 aromatic rings. The summed E-state index contributed by atoms with van der Waals surface area (Å²) in [5, 5.41) is 3.71. The zero-order chi connectivity index (χ0) is 14.7. The van der Waals surface area contributed by atoms with E-state index in [1.165, 1.54) is 32.1 Å². The van der Waals surface area contributed by atoms with Crippen molar-refractivity contribution in [3.05, 3.63) is 28.5 Å². The van der Waals surface area contributed by atoms with E-state index in [1.807, 2.05) is 12.1 Å². The first-order chi connectivity index (χ1) is 10.2. The lowest BCUT2D eigenvalue weighted by atomic mass is 9.83. The van der Waals surface area contributed by atoms with E-state index in [2.05, 4.69) is 26.1 Å². The number of nitrogens with zero attached hydrogens (tertiary/aromatic N) is 1. The van der Waals surface area contributed by atoms with Gasteiger partial charge in [-0.25, -0.2) is 4.39 Å². The summed E-state index contributed by atoms with van der Waals surface area (Å²) >= 11 is 3.34. The molecule has 1 aromatic carbocycles. The Morgan fingerprint density at radius 3 is 2.71 bits per heavy atom. The van der Waals surface area contributed by atoms with Crippen molar-refractivity contribution >= 4 is 21.6 Å². The highest BCUT2D eigenvalue weighted by Crippen LogP contribution is 2.30. The fraction of sp³-hybridized carbons (Fsp3) is 0.647. The second kappa shape index (κ2) is 7.10. The minimum absolute atomic E-state index is 0.117. The van der Waals surface area contributed by atoms with Crippen LogP contribution in [0.15, 0.2) is 22.7 Å². The predicted octanol–water partition coefficient (Wildman–Crippen LogP) is 4.34. The number of anilines is 1. The van der Waals surface area contributed by atoms with Gasteiger partial charge < -0.3 is 10.2 Å². The molecule has 1 heterocycles. The van der Waals surface area contributed by atoms with Crippen LogP contribution < -0.4 is 10.2 Å². The molecule has 21 heavy (non-hydrogen) atoms. The highest BCUT2D eigenvalue weighted by atomic mass is 79.9. The van der Waals surface area contributed by atoms with E-state index in [4.69, 9.17) is 0 Å². The Kier molecular flexibility index (Phi) is 5.17. The molecule has 0 spiro atoms. The Bertz CT molecular complexity index is 474. The third-order valence-electron chi connectivity index (χ3n) is 4.90. The molecule has 1 aliphatic heterocycles. The van der Waals surface area contributed by atoms with Gasteiger partial charge in [-0.3, -0.25) is 0 Å². The Morgan fingerprint density at radius 1 is 1.14 bits per heavy atom. The van der Waals surface area contributed by atoms with Crippen molar-refractivity contribution in [2.45, 2.75) is 44.6 Å². The van der Waals surface area contributed by atoms with Crippen molar-refractivity contribution in [3.8, 4) is 0 Å². The third-order valence-corrected chi connectivity index (χ3v) is 5.39. The molecule has 116 valence electrons. The van der Waals surface area contributed by atoms with E-state index >= 15 is 0 Å². The molecule has 0 radical (unpaired) electrons. The first-order valence-electron chi connectivity index (χ1n) is 8.17. The van der Waals surface area contributed by atoms with Crippen LogP contribution in [0.3, 0.4) is 0 Å². The Morgan fingerprint density at radius 2 is 1.95 bits per heavy atom. The van der Waals surface area contributed by atoms with Gasteiger partial charge in [0.05, 0.1) is 5.69 Å². The molecule has 1 aliphatic carbocycles. The van der Waals surface area contributed by atoms with Crippen LogP contribution in [0.1, 0.15) is 38.5 Å². The Labute approximate surface area is 135 Å². The monoisotopic (exact) mass is 354 g/mol. The minimum atomic E-state index is -0.117. The van der Waals surface area contributed by atoms with Crippen molar-refractivity contribution in [2.24, 2.45) is 5.92 Å². The molecule has 0 aromatic heterocycles. The lowest BCUT2D eigenvalue weighted by Gasteiger charge is -2.33. The third kappa shape index (κ3) is 3.78. The van der Waals surface area contributed by atoms with E-state index < -0.39 is 0 Å². The van der Waals surface area contributed by atoms with Crippen LogP contribution in [0.4, 0.5) is 10.1 Å². The first-order valence-corrected chi connectivity index (χ1v) is 8.97. The fourth-order valence-corrected chi connectivity index (χ4v) is 4.09. The summed E-state index contributed by atoms with van der Waals surface area (Å²) in [6.45, 7) is 2.92. The van der Waals surface area contributed by atoms with E-state index in [9.17, 15) is 4.39 Å². The van der Waals surface area contributed by atoms with E-state index in [0.29, 0.717) is 6.04 Å². The maximum atomic E-state index is 14.2. The van der Waals surface area contributed by atoms with Crippen LogP contribution in [0, 0.1) is 11.7 Å². The van der Waals surface area contributed by atoms with Gasteiger partial charge in [0.2, 0.25) is 0 Å². The minimum Gasteiger partial charge on any atom is -0.368 e. The summed E-state index contributed by atoms with van der Waals surface area (Å²) < 4.78 is 15.1. The highest BCUT2D eigenvalue weighted by Gasteiger charge is 2.27. The molecular weight excluding hydrogens is 331 g/mol. The molecule has 4 heteroatoms. The number of hydrogen-bond donors (Lipinski definition) is 1. The van der Waals surface area contributed by atoms with Crippen molar-refractivity contribution in [2.75, 3.05) is 24.5 Å². The molecule has 3 rings (SSSR count). The van der Waals surface area contributed by atoms with Crippen molar-refractivity contribution in [3.63, 3.8) is 0 Å². The molecule has 1 atom stereocenters. The number of nitrogens with one attached hydrogen (secondary N) is 1. The van der Waals surface area contributed by atoms with Gasteiger partial charge in [-0.15, -0.1) is 0 Å². The van der Waals surface area contributed by atoms with Crippen molar-refractivity contribution in [1.29, 1.82) is 0 Å². The zero-order valence-corrected chi connectivity index (χ0v) is 14.0. The van der Waals surface area contributed by atoms with Gasteiger partial charge >= 0.3 is 0 Å². The quantitative estimate of drug-likeness (QED) is 0.849. The van der Waals surface area contributed by atoms with Crippen LogP contribution in [0.5, 0.6) is 0 Å². The molecule has 2 nitrogen and oxygen atoms in total. The SMILES string of the molecule is Fc1cc(Br)ccc1N1CCCNC(C2CCCCC2)C1. The van der Waals surface area contributed by atoms with Crippen LogP contribution >= 0.6 is 15.9 Å². The largest absolute Gasteiger partial charge is 0.368 e. The van der Waals surface area contributed by atoms with Crippen molar-refractivity contribution < 1.29 is 4.39 Å². The molecule has 0 bridgehead atoms. The van der Waals surface area contributed by atoms with Crippen LogP contribution in [0.2, 0.25) is 0 Å². The second-order valence-corrected chi connectivity index (χ2v) is 7.27. The lowest BCUT2D eigenvalue weighted by molar-refractivity contribution is 0.277. The van der Waals surface area contributed by atoms with Crippen LogP contribution in [0.25, 0.3) is 0 Å². The van der Waals surface area contributed by atoms with E-state index in [-0.39, 0.29) is 5.82 Å². The average Bonchev–Trinajstić information content (AvgIpc) is 2.74. The number of hydrogen-bond acceptors (Lipinski definition) is 2. The number of rotatable bonds is 2. The van der Waals surface area contributed by atoms with Crippen LogP contribution in [-0.2, 0) is 0 Å². The molecular formula is C17H24BrFN2. The van der Waals surface area contributed by atoms with Gasteiger partial charge in [-0.2, -0.15) is 0 Å². The van der Waals surface area contributed by atoms with Gasteiger partial charge in [0.1, 0.15) is 5.82 Å². The van der Waals surface area contributed by atoms with E-state index in [0.717, 1.165) is 42.1 Å².